The number of ether oxygens (including phenoxy) is 1. The molecule has 3 aromatic rings. The molecule has 0 radical (unpaired) electrons. The maximum Gasteiger partial charge on any atom is 0.358 e. The quantitative estimate of drug-likeness (QED) is 0.496. The average molecular weight is 420 g/mol. The zero-order valence-corrected chi connectivity index (χ0v) is 18.5. The summed E-state index contributed by atoms with van der Waals surface area (Å²) < 4.78 is 6.88. The second-order valence-electron chi connectivity index (χ2n) is 7.47. The zero-order chi connectivity index (χ0) is 22.4. The van der Waals surface area contributed by atoms with Crippen molar-refractivity contribution in [2.24, 2.45) is 5.92 Å². The molecule has 3 rings (SSSR count). The van der Waals surface area contributed by atoms with Crippen LogP contribution in [0.1, 0.15) is 49.7 Å². The van der Waals surface area contributed by atoms with Gasteiger partial charge in [0.05, 0.1) is 18.0 Å². The van der Waals surface area contributed by atoms with E-state index in [1.54, 1.807) is 17.7 Å². The highest BCUT2D eigenvalue weighted by Gasteiger charge is 2.19. The average Bonchev–Trinajstić information content (AvgIpc) is 3.21. The largest absolute Gasteiger partial charge is 0.461 e. The summed E-state index contributed by atoms with van der Waals surface area (Å²) in [6.07, 6.45) is 1.59. The van der Waals surface area contributed by atoms with Gasteiger partial charge in [0.25, 0.3) is 0 Å². The minimum Gasteiger partial charge on any atom is -0.461 e. The SMILES string of the molecule is CCOC(=O)c1cc(-c2cccc(NC(=O)C(CC)CC)c2)n(-c2cccc(C)c2)n1. The van der Waals surface area contributed by atoms with Crippen LogP contribution < -0.4 is 5.32 Å². The second kappa shape index (κ2) is 10.1. The molecule has 1 amide bonds. The number of aromatic nitrogens is 2. The van der Waals surface area contributed by atoms with Gasteiger partial charge in [-0.2, -0.15) is 5.10 Å². The zero-order valence-electron chi connectivity index (χ0n) is 18.5. The smallest absolute Gasteiger partial charge is 0.358 e. The lowest BCUT2D eigenvalue weighted by molar-refractivity contribution is -0.120. The fourth-order valence-corrected chi connectivity index (χ4v) is 3.51. The van der Waals surface area contributed by atoms with Gasteiger partial charge in [-0.25, -0.2) is 9.48 Å². The number of benzene rings is 2. The van der Waals surface area contributed by atoms with Crippen LogP contribution in [0.2, 0.25) is 0 Å². The molecule has 1 heterocycles. The van der Waals surface area contributed by atoms with E-state index in [1.165, 1.54) is 0 Å². The molecule has 0 aliphatic rings. The van der Waals surface area contributed by atoms with E-state index in [4.69, 9.17) is 4.74 Å². The van der Waals surface area contributed by atoms with Gasteiger partial charge >= 0.3 is 5.97 Å². The number of nitrogens with zero attached hydrogens (tertiary/aromatic N) is 2. The Balaban J connectivity index is 2.03. The lowest BCUT2D eigenvalue weighted by atomic mass is 10.0. The molecule has 0 aliphatic heterocycles. The number of carbonyl (C=O) groups excluding carboxylic acids is 2. The highest BCUT2D eigenvalue weighted by molar-refractivity contribution is 5.93. The number of carbonyl (C=O) groups is 2. The number of esters is 1. The van der Waals surface area contributed by atoms with E-state index in [-0.39, 0.29) is 24.1 Å². The number of hydrogen-bond acceptors (Lipinski definition) is 4. The minimum atomic E-state index is -0.464. The predicted octanol–water partition coefficient (Wildman–Crippen LogP) is 5.40. The molecule has 0 spiro atoms. The molecule has 0 unspecified atom stereocenters. The van der Waals surface area contributed by atoms with Crippen LogP contribution in [0.3, 0.4) is 0 Å². The highest BCUT2D eigenvalue weighted by Crippen LogP contribution is 2.27. The summed E-state index contributed by atoms with van der Waals surface area (Å²) in [5, 5.41) is 7.53. The molecule has 1 aromatic heterocycles. The van der Waals surface area contributed by atoms with Crippen molar-refractivity contribution in [1.29, 1.82) is 0 Å². The summed E-state index contributed by atoms with van der Waals surface area (Å²) in [6, 6.07) is 17.2. The Kier molecular flexibility index (Phi) is 7.23. The Bertz CT molecular complexity index is 1070. The van der Waals surface area contributed by atoms with Gasteiger partial charge in [-0.15, -0.1) is 0 Å². The van der Waals surface area contributed by atoms with Gasteiger partial charge in [0.15, 0.2) is 5.69 Å². The van der Waals surface area contributed by atoms with Crippen molar-refractivity contribution in [2.75, 3.05) is 11.9 Å². The van der Waals surface area contributed by atoms with Gasteiger partial charge in [0, 0.05) is 17.2 Å². The summed E-state index contributed by atoms with van der Waals surface area (Å²) in [5.41, 5.74) is 4.47. The van der Waals surface area contributed by atoms with Gasteiger partial charge in [-0.1, -0.05) is 38.1 Å². The summed E-state index contributed by atoms with van der Waals surface area (Å²) >= 11 is 0. The van der Waals surface area contributed by atoms with Gasteiger partial charge in [0.1, 0.15) is 0 Å². The second-order valence-corrected chi connectivity index (χ2v) is 7.47. The van der Waals surface area contributed by atoms with E-state index in [1.807, 2.05) is 69.3 Å². The Morgan fingerprint density at radius 2 is 1.77 bits per heavy atom. The molecule has 1 N–H and O–H groups in total. The van der Waals surface area contributed by atoms with Crippen molar-refractivity contribution >= 4 is 17.6 Å². The summed E-state index contributed by atoms with van der Waals surface area (Å²) in [5.74, 6) is -0.466. The molecule has 0 saturated carbocycles. The van der Waals surface area contributed by atoms with E-state index in [0.29, 0.717) is 5.69 Å². The third kappa shape index (κ3) is 5.20. The molecular weight excluding hydrogens is 390 g/mol. The summed E-state index contributed by atoms with van der Waals surface area (Å²) in [4.78, 5) is 24.9. The summed E-state index contributed by atoms with van der Waals surface area (Å²) in [7, 11) is 0. The first kappa shape index (κ1) is 22.3. The number of rotatable bonds is 8. The molecule has 162 valence electrons. The maximum atomic E-state index is 12.5. The molecular formula is C25H29N3O3. The van der Waals surface area contributed by atoms with Crippen molar-refractivity contribution in [2.45, 2.75) is 40.5 Å². The Labute approximate surface area is 183 Å². The van der Waals surface area contributed by atoms with Crippen molar-refractivity contribution in [3.05, 3.63) is 65.9 Å². The number of hydrogen-bond donors (Lipinski definition) is 1. The molecule has 0 aliphatic carbocycles. The van der Waals surface area contributed by atoms with Gasteiger partial charge in [0.2, 0.25) is 5.91 Å². The Hall–Kier alpha value is -3.41. The third-order valence-electron chi connectivity index (χ3n) is 5.22. The minimum absolute atomic E-state index is 0.0153. The maximum absolute atomic E-state index is 12.5. The number of aryl methyl sites for hydroxylation is 1. The van der Waals surface area contributed by atoms with Crippen molar-refractivity contribution in [3.63, 3.8) is 0 Å². The van der Waals surface area contributed by atoms with Crippen LogP contribution >= 0.6 is 0 Å². The van der Waals surface area contributed by atoms with Crippen molar-refractivity contribution < 1.29 is 14.3 Å². The Morgan fingerprint density at radius 3 is 2.45 bits per heavy atom. The van der Waals surface area contributed by atoms with Crippen LogP contribution in [0.5, 0.6) is 0 Å². The molecule has 6 heteroatoms. The Morgan fingerprint density at radius 1 is 1.03 bits per heavy atom. The highest BCUT2D eigenvalue weighted by atomic mass is 16.5. The lowest BCUT2D eigenvalue weighted by Gasteiger charge is -2.14. The topological polar surface area (TPSA) is 73.2 Å². The first-order valence-corrected chi connectivity index (χ1v) is 10.7. The van der Waals surface area contributed by atoms with E-state index in [9.17, 15) is 9.59 Å². The molecule has 0 saturated heterocycles. The van der Waals surface area contributed by atoms with E-state index in [2.05, 4.69) is 10.4 Å². The fourth-order valence-electron chi connectivity index (χ4n) is 3.51. The van der Waals surface area contributed by atoms with E-state index >= 15 is 0 Å². The van der Waals surface area contributed by atoms with Gasteiger partial charge in [-0.3, -0.25) is 4.79 Å². The molecule has 0 atom stereocenters. The fraction of sp³-hybridized carbons (Fsp3) is 0.320. The summed E-state index contributed by atoms with van der Waals surface area (Å²) in [6.45, 7) is 8.08. The molecule has 31 heavy (non-hydrogen) atoms. The normalized spacial score (nSPS) is 10.9. The van der Waals surface area contributed by atoms with Crippen LogP contribution in [0.15, 0.2) is 54.6 Å². The predicted molar refractivity (Wildman–Crippen MR) is 122 cm³/mol. The van der Waals surface area contributed by atoms with Crippen LogP contribution in [0, 0.1) is 12.8 Å². The van der Waals surface area contributed by atoms with Crippen LogP contribution in [-0.4, -0.2) is 28.3 Å². The first-order valence-electron chi connectivity index (χ1n) is 10.7. The standard InChI is InChI=1S/C25H29N3O3/c1-5-18(6-2)24(29)26-20-12-9-11-19(15-20)23-16-22(25(30)31-7-3)27-28(23)21-13-8-10-17(4)14-21/h8-16,18H,5-7H2,1-4H3,(H,26,29). The van der Waals surface area contributed by atoms with Crippen LogP contribution in [0.25, 0.3) is 16.9 Å². The number of anilines is 1. The molecule has 0 bridgehead atoms. The lowest BCUT2D eigenvalue weighted by Crippen LogP contribution is -2.21. The van der Waals surface area contributed by atoms with Crippen LogP contribution in [-0.2, 0) is 9.53 Å². The molecule has 0 fully saturated rings. The van der Waals surface area contributed by atoms with E-state index < -0.39 is 5.97 Å². The van der Waals surface area contributed by atoms with Gasteiger partial charge < -0.3 is 10.1 Å². The monoisotopic (exact) mass is 419 g/mol. The number of nitrogens with one attached hydrogen (secondary N) is 1. The van der Waals surface area contributed by atoms with Crippen molar-refractivity contribution in [3.8, 4) is 16.9 Å². The molecule has 6 nitrogen and oxygen atoms in total. The number of amides is 1. The molecule has 2 aromatic carbocycles. The van der Waals surface area contributed by atoms with Crippen LogP contribution in [0.4, 0.5) is 5.69 Å². The third-order valence-corrected chi connectivity index (χ3v) is 5.22. The van der Waals surface area contributed by atoms with Gasteiger partial charge in [-0.05, 0) is 62.6 Å². The first-order chi connectivity index (χ1) is 15.0. The van der Waals surface area contributed by atoms with E-state index in [0.717, 1.165) is 35.3 Å². The van der Waals surface area contributed by atoms with Crippen molar-refractivity contribution in [1.82, 2.24) is 9.78 Å².